The molecular weight excluding hydrogens is 248 g/mol. The van der Waals surface area contributed by atoms with E-state index in [4.69, 9.17) is 11.5 Å². The van der Waals surface area contributed by atoms with Crippen LogP contribution in [0.4, 0.5) is 5.82 Å². The molecular formula is C16H22N4. The van der Waals surface area contributed by atoms with Crippen LogP contribution in [0.3, 0.4) is 0 Å². The number of pyridine rings is 1. The van der Waals surface area contributed by atoms with E-state index in [0.717, 1.165) is 42.2 Å². The van der Waals surface area contributed by atoms with E-state index in [2.05, 4.69) is 22.5 Å². The normalized spacial score (nSPS) is 20.3. The van der Waals surface area contributed by atoms with Crippen LogP contribution in [0.1, 0.15) is 18.9 Å². The Bertz CT molecular complexity index is 524. The van der Waals surface area contributed by atoms with Crippen LogP contribution in [-0.2, 0) is 0 Å². The fraction of sp³-hybridized carbons (Fsp3) is 0.312. The first kappa shape index (κ1) is 14.3. The standard InChI is InChI=1S/C16H22N4/c1-3-4-13(9-12(2)17)14-5-6-16(19-10-14)20-8-7-15(18)11-20/h3-6,9-10,15H,1,7-8,11,17-18H2,2H3/b12-9+,13-4+. The molecule has 2 rings (SSSR count). The van der Waals surface area contributed by atoms with Gasteiger partial charge in [0.1, 0.15) is 5.82 Å². The second-order valence-electron chi connectivity index (χ2n) is 5.15. The summed E-state index contributed by atoms with van der Waals surface area (Å²) in [7, 11) is 0. The summed E-state index contributed by atoms with van der Waals surface area (Å²) in [4.78, 5) is 6.75. The van der Waals surface area contributed by atoms with Crippen molar-refractivity contribution in [3.8, 4) is 0 Å². The highest BCUT2D eigenvalue weighted by Gasteiger charge is 2.19. The van der Waals surface area contributed by atoms with Crippen molar-refractivity contribution < 1.29 is 0 Å². The third-order valence-electron chi connectivity index (χ3n) is 3.31. The molecule has 1 fully saturated rings. The predicted octanol–water partition coefficient (Wildman–Crippen LogP) is 2.05. The Labute approximate surface area is 120 Å². The van der Waals surface area contributed by atoms with Gasteiger partial charge in [-0.25, -0.2) is 4.98 Å². The SMILES string of the molecule is C=C/C=C(\C=C(/C)N)c1ccc(N2CCC(N)C2)nc1. The first-order chi connectivity index (χ1) is 9.60. The van der Waals surface area contributed by atoms with Gasteiger partial charge in [-0.1, -0.05) is 18.7 Å². The zero-order valence-corrected chi connectivity index (χ0v) is 11.9. The minimum atomic E-state index is 0.260. The van der Waals surface area contributed by atoms with Gasteiger partial charge in [0.25, 0.3) is 0 Å². The molecule has 0 aliphatic carbocycles. The van der Waals surface area contributed by atoms with Crippen molar-refractivity contribution in [2.75, 3.05) is 18.0 Å². The van der Waals surface area contributed by atoms with Crippen LogP contribution in [0.25, 0.3) is 5.57 Å². The number of anilines is 1. The lowest BCUT2D eigenvalue weighted by atomic mass is 10.1. The summed E-state index contributed by atoms with van der Waals surface area (Å²) in [5.74, 6) is 0.980. The highest BCUT2D eigenvalue weighted by Crippen LogP contribution is 2.21. The highest BCUT2D eigenvalue weighted by atomic mass is 15.2. The monoisotopic (exact) mass is 270 g/mol. The van der Waals surface area contributed by atoms with Crippen LogP contribution < -0.4 is 16.4 Å². The molecule has 1 aliphatic heterocycles. The maximum atomic E-state index is 5.92. The number of nitrogens with zero attached hydrogens (tertiary/aromatic N) is 2. The first-order valence-electron chi connectivity index (χ1n) is 6.83. The van der Waals surface area contributed by atoms with E-state index in [1.54, 1.807) is 6.08 Å². The molecule has 0 bridgehead atoms. The molecule has 4 N–H and O–H groups in total. The van der Waals surface area contributed by atoms with E-state index >= 15 is 0 Å². The summed E-state index contributed by atoms with van der Waals surface area (Å²) in [6, 6.07) is 4.35. The molecule has 4 heteroatoms. The molecule has 0 saturated carbocycles. The Morgan fingerprint density at radius 1 is 1.50 bits per heavy atom. The van der Waals surface area contributed by atoms with Crippen molar-refractivity contribution in [1.82, 2.24) is 4.98 Å². The quantitative estimate of drug-likeness (QED) is 0.822. The molecule has 1 aromatic rings. The lowest BCUT2D eigenvalue weighted by Crippen LogP contribution is -2.26. The molecule has 0 radical (unpaired) electrons. The zero-order chi connectivity index (χ0) is 14.5. The van der Waals surface area contributed by atoms with E-state index in [1.807, 2.05) is 31.3 Å². The lowest BCUT2D eigenvalue weighted by molar-refractivity contribution is 0.751. The van der Waals surface area contributed by atoms with Crippen molar-refractivity contribution in [2.45, 2.75) is 19.4 Å². The molecule has 1 aromatic heterocycles. The van der Waals surface area contributed by atoms with Crippen molar-refractivity contribution in [2.24, 2.45) is 11.5 Å². The summed E-state index contributed by atoms with van der Waals surface area (Å²) >= 11 is 0. The molecule has 1 aliphatic rings. The van der Waals surface area contributed by atoms with Gasteiger partial charge in [-0.05, 0) is 37.1 Å². The first-order valence-corrected chi connectivity index (χ1v) is 6.83. The Kier molecular flexibility index (Phi) is 4.58. The minimum absolute atomic E-state index is 0.260. The van der Waals surface area contributed by atoms with Gasteiger partial charge in [-0.3, -0.25) is 0 Å². The Hall–Kier alpha value is -2.07. The number of rotatable bonds is 4. The van der Waals surface area contributed by atoms with E-state index < -0.39 is 0 Å². The second-order valence-corrected chi connectivity index (χ2v) is 5.15. The third kappa shape index (κ3) is 3.48. The van der Waals surface area contributed by atoms with Crippen LogP contribution in [0.15, 0.2) is 48.8 Å². The van der Waals surface area contributed by atoms with Crippen molar-refractivity contribution in [1.29, 1.82) is 0 Å². The van der Waals surface area contributed by atoms with E-state index in [1.165, 1.54) is 0 Å². The molecule has 4 nitrogen and oxygen atoms in total. The van der Waals surface area contributed by atoms with Crippen LogP contribution in [0.5, 0.6) is 0 Å². The number of hydrogen-bond donors (Lipinski definition) is 2. The zero-order valence-electron chi connectivity index (χ0n) is 11.9. The van der Waals surface area contributed by atoms with Gasteiger partial charge in [0, 0.05) is 36.6 Å². The number of nitrogens with two attached hydrogens (primary N) is 2. The average Bonchev–Trinajstić information content (AvgIpc) is 2.85. The molecule has 1 atom stereocenters. The topological polar surface area (TPSA) is 68.2 Å². The maximum Gasteiger partial charge on any atom is 0.128 e. The van der Waals surface area contributed by atoms with Gasteiger partial charge in [-0.15, -0.1) is 0 Å². The fourth-order valence-electron chi connectivity index (χ4n) is 2.34. The smallest absolute Gasteiger partial charge is 0.128 e. The van der Waals surface area contributed by atoms with Crippen LogP contribution in [-0.4, -0.2) is 24.1 Å². The third-order valence-corrected chi connectivity index (χ3v) is 3.31. The molecule has 0 amide bonds. The predicted molar refractivity (Wildman–Crippen MR) is 85.2 cm³/mol. The van der Waals surface area contributed by atoms with E-state index in [9.17, 15) is 0 Å². The van der Waals surface area contributed by atoms with Crippen LogP contribution in [0.2, 0.25) is 0 Å². The van der Waals surface area contributed by atoms with Gasteiger partial charge < -0.3 is 16.4 Å². The Balaban J connectivity index is 2.20. The summed E-state index contributed by atoms with van der Waals surface area (Å²) in [6.45, 7) is 7.45. The molecule has 2 heterocycles. The average molecular weight is 270 g/mol. The summed E-state index contributed by atoms with van der Waals surface area (Å²) < 4.78 is 0. The van der Waals surface area contributed by atoms with Crippen molar-refractivity contribution in [3.63, 3.8) is 0 Å². The van der Waals surface area contributed by atoms with Crippen LogP contribution >= 0.6 is 0 Å². The molecule has 1 saturated heterocycles. The largest absolute Gasteiger partial charge is 0.402 e. The summed E-state index contributed by atoms with van der Waals surface area (Å²) in [6.07, 6.45) is 8.50. The summed E-state index contributed by atoms with van der Waals surface area (Å²) in [5, 5.41) is 0. The number of allylic oxidation sites excluding steroid dienone is 5. The molecule has 0 spiro atoms. The van der Waals surface area contributed by atoms with Crippen LogP contribution in [0, 0.1) is 0 Å². The highest BCUT2D eigenvalue weighted by molar-refractivity contribution is 5.75. The second kappa shape index (κ2) is 6.39. The van der Waals surface area contributed by atoms with Gasteiger partial charge in [0.2, 0.25) is 0 Å². The minimum Gasteiger partial charge on any atom is -0.402 e. The van der Waals surface area contributed by atoms with Gasteiger partial charge in [0.15, 0.2) is 0 Å². The fourth-order valence-corrected chi connectivity index (χ4v) is 2.34. The van der Waals surface area contributed by atoms with E-state index in [0.29, 0.717) is 0 Å². The lowest BCUT2D eigenvalue weighted by Gasteiger charge is -2.17. The van der Waals surface area contributed by atoms with Gasteiger partial charge >= 0.3 is 0 Å². The molecule has 20 heavy (non-hydrogen) atoms. The Morgan fingerprint density at radius 2 is 2.30 bits per heavy atom. The van der Waals surface area contributed by atoms with Crippen molar-refractivity contribution >= 4 is 11.4 Å². The Morgan fingerprint density at radius 3 is 2.80 bits per heavy atom. The van der Waals surface area contributed by atoms with Gasteiger partial charge in [-0.2, -0.15) is 0 Å². The maximum absolute atomic E-state index is 5.92. The summed E-state index contributed by atoms with van der Waals surface area (Å²) in [5.41, 5.74) is 14.5. The van der Waals surface area contributed by atoms with E-state index in [-0.39, 0.29) is 6.04 Å². The van der Waals surface area contributed by atoms with Crippen molar-refractivity contribution in [3.05, 3.63) is 54.4 Å². The molecule has 0 aromatic carbocycles. The number of aromatic nitrogens is 1. The number of hydrogen-bond acceptors (Lipinski definition) is 4. The molecule has 106 valence electrons. The molecule has 1 unspecified atom stereocenters. The van der Waals surface area contributed by atoms with Gasteiger partial charge in [0.05, 0.1) is 0 Å².